The number of hydrogen-bond acceptors (Lipinski definition) is 4. The van der Waals surface area contributed by atoms with Crippen LogP contribution in [0.5, 0.6) is 0 Å². The lowest BCUT2D eigenvalue weighted by Crippen LogP contribution is -2.21. The number of hydrogen-bond donors (Lipinski definition) is 2. The summed E-state index contributed by atoms with van der Waals surface area (Å²) in [6.07, 6.45) is 1.47. The molecule has 0 aliphatic rings. The van der Waals surface area contributed by atoms with E-state index in [0.717, 1.165) is 5.56 Å². The van der Waals surface area contributed by atoms with Gasteiger partial charge in [-0.3, -0.25) is 9.59 Å². The third kappa shape index (κ3) is 4.00. The number of aromatic nitrogens is 1. The molecule has 0 aliphatic carbocycles. The highest BCUT2D eigenvalue weighted by Crippen LogP contribution is 2.30. The summed E-state index contributed by atoms with van der Waals surface area (Å²) in [7, 11) is -3.79. The van der Waals surface area contributed by atoms with Gasteiger partial charge in [0.15, 0.2) is 0 Å². The lowest BCUT2D eigenvalue weighted by atomic mass is 10.1. The van der Waals surface area contributed by atoms with Crippen LogP contribution in [-0.4, -0.2) is 24.8 Å². The molecule has 0 fully saturated rings. The van der Waals surface area contributed by atoms with Gasteiger partial charge in [0.05, 0.1) is 21.0 Å². The van der Waals surface area contributed by atoms with E-state index in [4.69, 9.17) is 5.73 Å². The highest BCUT2D eigenvalue weighted by Gasteiger charge is 2.24. The minimum Gasteiger partial charge on any atom is -0.366 e. The Morgan fingerprint density at radius 3 is 2.31 bits per heavy atom. The van der Waals surface area contributed by atoms with Gasteiger partial charge in [0.2, 0.25) is 15.7 Å². The number of rotatable bonds is 6. The monoisotopic (exact) mass is 447 g/mol. The molecular formula is C24H21N3O4S. The van der Waals surface area contributed by atoms with Crippen molar-refractivity contribution in [3.63, 3.8) is 0 Å². The SMILES string of the molecule is Cc1ccc(S(=O)(=O)c2cn(CC(=O)Nc3ccccc3C(N)=O)c3ccccc23)cc1. The summed E-state index contributed by atoms with van der Waals surface area (Å²) < 4.78 is 28.2. The minimum atomic E-state index is -3.79. The number of carbonyl (C=O) groups is 2. The van der Waals surface area contributed by atoms with Crippen LogP contribution in [-0.2, 0) is 21.2 Å². The number of aryl methyl sites for hydroxylation is 1. The molecule has 4 rings (SSSR count). The smallest absolute Gasteiger partial charge is 0.250 e. The Labute approximate surface area is 185 Å². The molecular weight excluding hydrogens is 426 g/mol. The molecule has 32 heavy (non-hydrogen) atoms. The number of para-hydroxylation sites is 2. The van der Waals surface area contributed by atoms with Crippen LogP contribution in [0.1, 0.15) is 15.9 Å². The zero-order chi connectivity index (χ0) is 22.9. The standard InChI is InChI=1S/C24H21N3O4S/c1-16-10-12-17(13-11-16)32(30,31)22-14-27(21-9-5-3-7-19(21)22)15-23(28)26-20-8-4-2-6-18(20)24(25)29/h2-14H,15H2,1H3,(H2,25,29)(H,26,28). The maximum atomic E-state index is 13.3. The normalized spacial score (nSPS) is 11.4. The fourth-order valence-electron chi connectivity index (χ4n) is 3.55. The molecule has 0 atom stereocenters. The van der Waals surface area contributed by atoms with Crippen molar-refractivity contribution in [1.82, 2.24) is 4.57 Å². The van der Waals surface area contributed by atoms with Crippen LogP contribution >= 0.6 is 0 Å². The second-order valence-corrected chi connectivity index (χ2v) is 9.33. The second kappa shape index (κ2) is 8.32. The first kappa shape index (κ1) is 21.3. The number of nitrogens with zero attached hydrogens (tertiary/aromatic N) is 1. The van der Waals surface area contributed by atoms with Crippen molar-refractivity contribution in [2.24, 2.45) is 5.73 Å². The largest absolute Gasteiger partial charge is 0.366 e. The zero-order valence-electron chi connectivity index (χ0n) is 17.3. The lowest BCUT2D eigenvalue weighted by molar-refractivity contribution is -0.116. The fourth-order valence-corrected chi connectivity index (χ4v) is 5.03. The molecule has 0 unspecified atom stereocenters. The van der Waals surface area contributed by atoms with Crippen LogP contribution in [0.3, 0.4) is 0 Å². The number of primary amides is 1. The molecule has 0 radical (unpaired) electrons. The van der Waals surface area contributed by atoms with Gasteiger partial charge in [0.1, 0.15) is 6.54 Å². The van der Waals surface area contributed by atoms with E-state index in [9.17, 15) is 18.0 Å². The second-order valence-electron chi connectivity index (χ2n) is 7.41. The molecule has 7 nitrogen and oxygen atoms in total. The van der Waals surface area contributed by atoms with Gasteiger partial charge in [-0.25, -0.2) is 8.42 Å². The quantitative estimate of drug-likeness (QED) is 0.471. The van der Waals surface area contributed by atoms with Gasteiger partial charge >= 0.3 is 0 Å². The summed E-state index contributed by atoms with van der Waals surface area (Å²) in [5, 5.41) is 3.21. The summed E-state index contributed by atoms with van der Waals surface area (Å²) in [5.74, 6) is -1.07. The van der Waals surface area contributed by atoms with Crippen LogP contribution in [0.4, 0.5) is 5.69 Å². The fraction of sp³-hybridized carbons (Fsp3) is 0.0833. The minimum absolute atomic E-state index is 0.127. The molecule has 0 aliphatic heterocycles. The van der Waals surface area contributed by atoms with Gasteiger partial charge in [-0.1, -0.05) is 48.0 Å². The van der Waals surface area contributed by atoms with Crippen LogP contribution < -0.4 is 11.1 Å². The van der Waals surface area contributed by atoms with E-state index >= 15 is 0 Å². The number of nitrogens with two attached hydrogens (primary N) is 1. The van der Waals surface area contributed by atoms with E-state index in [2.05, 4.69) is 5.32 Å². The molecule has 0 spiro atoms. The van der Waals surface area contributed by atoms with E-state index in [0.29, 0.717) is 16.6 Å². The number of anilines is 1. The maximum absolute atomic E-state index is 13.3. The predicted molar refractivity (Wildman–Crippen MR) is 122 cm³/mol. The van der Waals surface area contributed by atoms with Gasteiger partial charge in [0, 0.05) is 17.1 Å². The third-order valence-corrected chi connectivity index (χ3v) is 6.95. The average molecular weight is 448 g/mol. The number of carbonyl (C=O) groups excluding carboxylic acids is 2. The van der Waals surface area contributed by atoms with Crippen molar-refractivity contribution in [3.8, 4) is 0 Å². The molecule has 1 aromatic heterocycles. The van der Waals surface area contributed by atoms with Gasteiger partial charge in [-0.15, -0.1) is 0 Å². The summed E-state index contributed by atoms with van der Waals surface area (Å²) in [5.41, 5.74) is 7.43. The lowest BCUT2D eigenvalue weighted by Gasteiger charge is -2.10. The molecule has 0 saturated carbocycles. The van der Waals surface area contributed by atoms with Crippen LogP contribution in [0.15, 0.2) is 88.8 Å². The molecule has 8 heteroatoms. The zero-order valence-corrected chi connectivity index (χ0v) is 18.1. The number of benzene rings is 3. The van der Waals surface area contributed by atoms with Crippen LogP contribution in [0.25, 0.3) is 10.9 Å². The Balaban J connectivity index is 1.70. The summed E-state index contributed by atoms with van der Waals surface area (Å²) in [6, 6.07) is 20.1. The van der Waals surface area contributed by atoms with Crippen molar-refractivity contribution in [1.29, 1.82) is 0 Å². The van der Waals surface area contributed by atoms with Crippen LogP contribution in [0.2, 0.25) is 0 Å². The number of nitrogens with one attached hydrogen (secondary N) is 1. The highest BCUT2D eigenvalue weighted by molar-refractivity contribution is 7.91. The first-order chi connectivity index (χ1) is 15.3. The molecule has 3 aromatic carbocycles. The summed E-state index contributed by atoms with van der Waals surface area (Å²) in [4.78, 5) is 24.7. The van der Waals surface area contributed by atoms with Crippen molar-refractivity contribution in [3.05, 3.63) is 90.1 Å². The predicted octanol–water partition coefficient (Wildman–Crippen LogP) is 3.52. The van der Waals surface area contributed by atoms with Crippen molar-refractivity contribution in [2.45, 2.75) is 23.3 Å². The topological polar surface area (TPSA) is 111 Å². The number of fused-ring (bicyclic) bond motifs is 1. The van der Waals surface area contributed by atoms with Crippen molar-refractivity contribution in [2.75, 3.05) is 5.32 Å². The summed E-state index contributed by atoms with van der Waals surface area (Å²) in [6.45, 7) is 1.74. The van der Waals surface area contributed by atoms with E-state index in [1.54, 1.807) is 71.3 Å². The molecule has 0 saturated heterocycles. The Bertz CT molecular complexity index is 1440. The molecule has 0 bridgehead atoms. The van der Waals surface area contributed by atoms with E-state index in [-0.39, 0.29) is 21.9 Å². The first-order valence-electron chi connectivity index (χ1n) is 9.85. The van der Waals surface area contributed by atoms with E-state index in [1.165, 1.54) is 12.3 Å². The molecule has 162 valence electrons. The Hall–Kier alpha value is -3.91. The average Bonchev–Trinajstić information content (AvgIpc) is 3.13. The molecule has 3 N–H and O–H groups in total. The van der Waals surface area contributed by atoms with Gasteiger partial charge in [-0.05, 0) is 37.3 Å². The summed E-state index contributed by atoms with van der Waals surface area (Å²) >= 11 is 0. The van der Waals surface area contributed by atoms with Crippen molar-refractivity contribution >= 4 is 38.2 Å². The molecule has 2 amide bonds. The van der Waals surface area contributed by atoms with Gasteiger partial charge in [-0.2, -0.15) is 0 Å². The van der Waals surface area contributed by atoms with Gasteiger partial charge < -0.3 is 15.6 Å². The number of amides is 2. The van der Waals surface area contributed by atoms with E-state index in [1.807, 2.05) is 6.92 Å². The van der Waals surface area contributed by atoms with Crippen molar-refractivity contribution < 1.29 is 18.0 Å². The van der Waals surface area contributed by atoms with E-state index < -0.39 is 21.7 Å². The van der Waals surface area contributed by atoms with Gasteiger partial charge in [0.25, 0.3) is 5.91 Å². The molecule has 4 aromatic rings. The Morgan fingerprint density at radius 1 is 0.938 bits per heavy atom. The third-order valence-electron chi connectivity index (χ3n) is 5.15. The Kier molecular flexibility index (Phi) is 5.54. The first-order valence-corrected chi connectivity index (χ1v) is 11.3. The highest BCUT2D eigenvalue weighted by atomic mass is 32.2. The Morgan fingerprint density at radius 2 is 1.59 bits per heavy atom. The van der Waals surface area contributed by atoms with Crippen LogP contribution in [0, 0.1) is 6.92 Å². The molecule has 1 heterocycles. The number of sulfone groups is 1. The maximum Gasteiger partial charge on any atom is 0.250 e.